The highest BCUT2D eigenvalue weighted by Crippen LogP contribution is 2.22. The number of likely N-dealkylation sites (tertiary alicyclic amines) is 1. The molecule has 0 spiro atoms. The molecule has 1 atom stereocenters. The summed E-state index contributed by atoms with van der Waals surface area (Å²) in [6.07, 6.45) is 2.74. The van der Waals surface area contributed by atoms with Crippen molar-refractivity contribution in [1.29, 1.82) is 0 Å². The lowest BCUT2D eigenvalue weighted by Crippen LogP contribution is -2.38. The zero-order chi connectivity index (χ0) is 14.0. The third-order valence-electron chi connectivity index (χ3n) is 2.94. The van der Waals surface area contributed by atoms with E-state index in [9.17, 15) is 9.18 Å². The predicted molar refractivity (Wildman–Crippen MR) is 67.1 cm³/mol. The van der Waals surface area contributed by atoms with Gasteiger partial charge >= 0.3 is 6.01 Å². The van der Waals surface area contributed by atoms with E-state index in [0.29, 0.717) is 13.1 Å². The molecule has 0 radical (unpaired) electrons. The first-order valence-electron chi connectivity index (χ1n) is 6.30. The molecule has 1 aliphatic rings. The molecule has 1 aliphatic heterocycles. The Morgan fingerprint density at radius 2 is 2.05 bits per heavy atom. The van der Waals surface area contributed by atoms with E-state index >= 15 is 0 Å². The third kappa shape index (κ3) is 3.39. The van der Waals surface area contributed by atoms with Crippen molar-refractivity contribution < 1.29 is 13.9 Å². The zero-order valence-corrected chi connectivity index (χ0v) is 11.4. The third-order valence-corrected chi connectivity index (χ3v) is 2.94. The fourth-order valence-electron chi connectivity index (χ4n) is 1.99. The number of nitrogens with zero attached hydrogens (tertiary/aromatic N) is 3. The summed E-state index contributed by atoms with van der Waals surface area (Å²) in [4.78, 5) is 21.4. The van der Waals surface area contributed by atoms with Crippen LogP contribution in [0, 0.1) is 11.2 Å². The molecular formula is C13H18FN3O2. The molecule has 1 aromatic rings. The van der Waals surface area contributed by atoms with Gasteiger partial charge in [0.05, 0.1) is 18.9 Å². The van der Waals surface area contributed by atoms with E-state index in [-0.39, 0.29) is 23.4 Å². The number of rotatable bonds is 2. The molecule has 6 heteroatoms. The molecule has 0 unspecified atom stereocenters. The Labute approximate surface area is 111 Å². The molecule has 104 valence electrons. The molecule has 0 N–H and O–H groups in total. The quantitative estimate of drug-likeness (QED) is 0.817. The average Bonchev–Trinajstić information content (AvgIpc) is 2.78. The number of aromatic nitrogens is 2. The highest BCUT2D eigenvalue weighted by atomic mass is 19.1. The van der Waals surface area contributed by atoms with E-state index in [2.05, 4.69) is 9.97 Å². The van der Waals surface area contributed by atoms with Crippen LogP contribution in [0.1, 0.15) is 27.2 Å². The smallest absolute Gasteiger partial charge is 0.316 e. The Morgan fingerprint density at radius 1 is 1.42 bits per heavy atom. The van der Waals surface area contributed by atoms with Crippen molar-refractivity contribution in [3.8, 4) is 6.01 Å². The highest BCUT2D eigenvalue weighted by molar-refractivity contribution is 5.81. The van der Waals surface area contributed by atoms with Crippen molar-refractivity contribution in [2.45, 2.75) is 33.3 Å². The van der Waals surface area contributed by atoms with Crippen LogP contribution in [0.2, 0.25) is 0 Å². The molecule has 0 aliphatic carbocycles. The summed E-state index contributed by atoms with van der Waals surface area (Å²) >= 11 is 0. The van der Waals surface area contributed by atoms with Gasteiger partial charge in [-0.2, -0.15) is 0 Å². The lowest BCUT2D eigenvalue weighted by atomic mass is 9.95. The summed E-state index contributed by atoms with van der Waals surface area (Å²) in [5.74, 6) is -0.387. The lowest BCUT2D eigenvalue weighted by molar-refractivity contribution is -0.138. The standard InChI is InChI=1S/C13H18FN3O2/c1-13(2,3)11(18)17-5-4-10(8-17)19-12-15-6-9(14)7-16-12/h6-7,10H,4-5,8H2,1-3H3/t10-/m0/s1. The average molecular weight is 267 g/mol. The SMILES string of the molecule is CC(C)(C)C(=O)N1CC[C@H](Oc2ncc(F)cn2)C1. The van der Waals surface area contributed by atoms with Crippen molar-refractivity contribution in [2.75, 3.05) is 13.1 Å². The van der Waals surface area contributed by atoms with Crippen LogP contribution in [0.5, 0.6) is 6.01 Å². The first-order chi connectivity index (χ1) is 8.86. The van der Waals surface area contributed by atoms with E-state index in [1.165, 1.54) is 0 Å². The Kier molecular flexibility index (Phi) is 3.68. The molecule has 19 heavy (non-hydrogen) atoms. The minimum atomic E-state index is -0.497. The number of hydrogen-bond donors (Lipinski definition) is 0. The largest absolute Gasteiger partial charge is 0.458 e. The Bertz CT molecular complexity index is 456. The lowest BCUT2D eigenvalue weighted by Gasteiger charge is -2.25. The Balaban J connectivity index is 1.92. The van der Waals surface area contributed by atoms with Gasteiger partial charge in [0.1, 0.15) is 6.10 Å². The van der Waals surface area contributed by atoms with Gasteiger partial charge in [0.15, 0.2) is 5.82 Å². The molecule has 2 rings (SSSR count). The number of amides is 1. The van der Waals surface area contributed by atoms with Gasteiger partial charge < -0.3 is 9.64 Å². The maximum atomic E-state index is 12.7. The van der Waals surface area contributed by atoms with E-state index < -0.39 is 5.82 Å². The number of hydrogen-bond acceptors (Lipinski definition) is 4. The van der Waals surface area contributed by atoms with E-state index in [1.807, 2.05) is 20.8 Å². The topological polar surface area (TPSA) is 55.3 Å². The first kappa shape index (κ1) is 13.7. The molecule has 1 aromatic heterocycles. The Morgan fingerprint density at radius 3 is 2.63 bits per heavy atom. The predicted octanol–water partition coefficient (Wildman–Crippen LogP) is 1.64. The number of carbonyl (C=O) groups excluding carboxylic acids is 1. The van der Waals surface area contributed by atoms with Crippen LogP contribution in [-0.2, 0) is 4.79 Å². The second-order valence-corrected chi connectivity index (χ2v) is 5.71. The molecule has 0 saturated carbocycles. The van der Waals surface area contributed by atoms with Crippen molar-refractivity contribution in [3.05, 3.63) is 18.2 Å². The van der Waals surface area contributed by atoms with Crippen LogP contribution < -0.4 is 4.74 Å². The van der Waals surface area contributed by atoms with E-state index in [0.717, 1.165) is 18.8 Å². The number of ether oxygens (including phenoxy) is 1. The normalized spacial score (nSPS) is 19.6. The second-order valence-electron chi connectivity index (χ2n) is 5.71. The van der Waals surface area contributed by atoms with Crippen LogP contribution in [0.15, 0.2) is 12.4 Å². The van der Waals surface area contributed by atoms with Crippen LogP contribution >= 0.6 is 0 Å². The van der Waals surface area contributed by atoms with Gasteiger partial charge in [-0.25, -0.2) is 14.4 Å². The minimum Gasteiger partial charge on any atom is -0.458 e. The maximum Gasteiger partial charge on any atom is 0.316 e. The molecule has 1 fully saturated rings. The molecule has 0 aromatic carbocycles. The zero-order valence-electron chi connectivity index (χ0n) is 11.4. The van der Waals surface area contributed by atoms with Crippen LogP contribution in [-0.4, -0.2) is 40.0 Å². The minimum absolute atomic E-state index is 0.110. The van der Waals surface area contributed by atoms with Crippen LogP contribution in [0.3, 0.4) is 0 Å². The molecule has 1 amide bonds. The summed E-state index contributed by atoms with van der Waals surface area (Å²) in [7, 11) is 0. The molecule has 0 bridgehead atoms. The first-order valence-corrected chi connectivity index (χ1v) is 6.30. The molecule has 2 heterocycles. The van der Waals surface area contributed by atoms with E-state index in [1.54, 1.807) is 4.90 Å². The van der Waals surface area contributed by atoms with E-state index in [4.69, 9.17) is 4.74 Å². The van der Waals surface area contributed by atoms with Crippen molar-refractivity contribution in [2.24, 2.45) is 5.41 Å². The van der Waals surface area contributed by atoms with Gasteiger partial charge in [-0.3, -0.25) is 4.79 Å². The monoisotopic (exact) mass is 267 g/mol. The van der Waals surface area contributed by atoms with Gasteiger partial charge in [0.2, 0.25) is 5.91 Å². The highest BCUT2D eigenvalue weighted by Gasteiger charge is 2.33. The van der Waals surface area contributed by atoms with Gasteiger partial charge in [0.25, 0.3) is 0 Å². The summed E-state index contributed by atoms with van der Waals surface area (Å²) in [5.41, 5.74) is -0.388. The molecule has 5 nitrogen and oxygen atoms in total. The van der Waals surface area contributed by atoms with Gasteiger partial charge in [-0.15, -0.1) is 0 Å². The van der Waals surface area contributed by atoms with Crippen molar-refractivity contribution in [3.63, 3.8) is 0 Å². The molecule has 1 saturated heterocycles. The Hall–Kier alpha value is -1.72. The van der Waals surface area contributed by atoms with Crippen molar-refractivity contribution in [1.82, 2.24) is 14.9 Å². The molecular weight excluding hydrogens is 249 g/mol. The summed E-state index contributed by atoms with van der Waals surface area (Å²) < 4.78 is 18.2. The summed E-state index contributed by atoms with van der Waals surface area (Å²) in [5, 5.41) is 0. The second kappa shape index (κ2) is 5.11. The van der Waals surface area contributed by atoms with Gasteiger partial charge in [-0.05, 0) is 0 Å². The summed E-state index contributed by atoms with van der Waals surface area (Å²) in [6.45, 7) is 6.88. The van der Waals surface area contributed by atoms with Crippen molar-refractivity contribution >= 4 is 5.91 Å². The maximum absolute atomic E-state index is 12.7. The number of halogens is 1. The fourth-order valence-corrected chi connectivity index (χ4v) is 1.99. The van der Waals surface area contributed by atoms with Gasteiger partial charge in [-0.1, -0.05) is 20.8 Å². The van der Waals surface area contributed by atoms with Gasteiger partial charge in [0, 0.05) is 18.4 Å². The number of carbonyl (C=O) groups is 1. The fraction of sp³-hybridized carbons (Fsp3) is 0.615. The summed E-state index contributed by atoms with van der Waals surface area (Å²) in [6, 6.07) is 0.149. The van der Waals surface area contributed by atoms with Crippen LogP contribution in [0.4, 0.5) is 4.39 Å². The van der Waals surface area contributed by atoms with Crippen LogP contribution in [0.25, 0.3) is 0 Å².